The van der Waals surface area contributed by atoms with E-state index < -0.39 is 15.3 Å². The zero-order chi connectivity index (χ0) is 31.9. The van der Waals surface area contributed by atoms with E-state index in [1.165, 1.54) is 4.31 Å². The van der Waals surface area contributed by atoms with E-state index in [9.17, 15) is 8.42 Å². The highest BCUT2D eigenvalue weighted by Gasteiger charge is 2.40. The van der Waals surface area contributed by atoms with Gasteiger partial charge in [-0.25, -0.2) is 13.4 Å². The number of nitrogens with one attached hydrogen (secondary N) is 2. The molecule has 1 saturated carbocycles. The highest BCUT2D eigenvalue weighted by Crippen LogP contribution is 2.41. The second-order valence-corrected chi connectivity index (χ2v) is 14.9. The number of piperidine rings is 1. The van der Waals surface area contributed by atoms with Crippen molar-refractivity contribution in [3.63, 3.8) is 0 Å². The maximum absolute atomic E-state index is 13.3. The van der Waals surface area contributed by atoms with E-state index in [-0.39, 0.29) is 0 Å². The SMILES string of the molecule is COc1cc(N2CCC(N(C)C)CC2)c(C)cc1Nc1ncc(Br)c(Nc2ccc3nccnc3c2N(C)S(=O)(=O)C2CC2)n1. The van der Waals surface area contributed by atoms with Gasteiger partial charge in [0.15, 0.2) is 0 Å². The molecule has 3 heterocycles. The fraction of sp³-hybridized carbons (Fsp3) is 0.419. The third kappa shape index (κ3) is 6.36. The second kappa shape index (κ2) is 12.6. The lowest BCUT2D eigenvalue weighted by atomic mass is 10.0. The molecule has 1 saturated heterocycles. The maximum Gasteiger partial charge on any atom is 0.237 e. The third-order valence-electron chi connectivity index (χ3n) is 8.55. The zero-order valence-electron chi connectivity index (χ0n) is 26.1. The molecule has 0 spiro atoms. The van der Waals surface area contributed by atoms with Gasteiger partial charge in [-0.2, -0.15) is 4.98 Å². The average Bonchev–Trinajstić information content (AvgIpc) is 3.89. The Labute approximate surface area is 272 Å². The van der Waals surface area contributed by atoms with Crippen molar-refractivity contribution < 1.29 is 13.2 Å². The second-order valence-electron chi connectivity index (χ2n) is 11.8. The van der Waals surface area contributed by atoms with Gasteiger partial charge >= 0.3 is 0 Å². The Kier molecular flexibility index (Phi) is 8.72. The molecule has 45 heavy (non-hydrogen) atoms. The minimum Gasteiger partial charge on any atom is -0.494 e. The minimum absolute atomic E-state index is 0.346. The van der Waals surface area contributed by atoms with Gasteiger partial charge < -0.3 is 25.2 Å². The molecule has 2 fully saturated rings. The molecule has 6 rings (SSSR count). The number of aryl methyl sites for hydroxylation is 1. The topological polar surface area (TPSA) is 129 Å². The summed E-state index contributed by atoms with van der Waals surface area (Å²) in [5, 5.41) is 6.25. The van der Waals surface area contributed by atoms with Crippen molar-refractivity contribution in [2.45, 2.75) is 43.9 Å². The monoisotopic (exact) mass is 695 g/mol. The molecule has 0 unspecified atom stereocenters. The summed E-state index contributed by atoms with van der Waals surface area (Å²) in [5.41, 5.74) is 5.03. The third-order valence-corrected chi connectivity index (χ3v) is 11.4. The van der Waals surface area contributed by atoms with Gasteiger partial charge in [0.05, 0.1) is 33.7 Å². The number of nitrogens with zero attached hydrogens (tertiary/aromatic N) is 7. The predicted octanol–water partition coefficient (Wildman–Crippen LogP) is 5.45. The van der Waals surface area contributed by atoms with Crippen LogP contribution in [0.1, 0.15) is 31.2 Å². The molecule has 0 amide bonds. The number of hydrogen-bond donors (Lipinski definition) is 2. The van der Waals surface area contributed by atoms with E-state index in [2.05, 4.69) is 84.5 Å². The lowest BCUT2D eigenvalue weighted by molar-refractivity contribution is 0.249. The summed E-state index contributed by atoms with van der Waals surface area (Å²) in [7, 11) is 3.95. The van der Waals surface area contributed by atoms with Gasteiger partial charge in [0.1, 0.15) is 22.8 Å². The van der Waals surface area contributed by atoms with Crippen LogP contribution in [0.4, 0.5) is 34.5 Å². The number of aromatic nitrogens is 4. The van der Waals surface area contributed by atoms with Crippen LogP contribution in [0.5, 0.6) is 5.75 Å². The fourth-order valence-corrected chi connectivity index (χ4v) is 7.74. The first-order valence-corrected chi connectivity index (χ1v) is 17.2. The number of rotatable bonds is 10. The van der Waals surface area contributed by atoms with Gasteiger partial charge in [0.25, 0.3) is 0 Å². The van der Waals surface area contributed by atoms with Crippen LogP contribution < -0.4 is 24.6 Å². The van der Waals surface area contributed by atoms with Gasteiger partial charge in [-0.05, 0) is 86.4 Å². The smallest absolute Gasteiger partial charge is 0.237 e. The standard InChI is InChI=1S/C31H38BrN9O3S/c1-19-16-25(27(44-5)17-26(19)41-14-10-20(11-15-41)39(2)3)37-31-35-18-22(32)30(38-31)36-24-9-8-23-28(34-13-12-33-23)29(24)40(4)45(42,43)21-6-7-21/h8-9,12-13,16-18,20-21H,6-7,10-11,14-15H2,1-5H3,(H2,35,36,37,38). The summed E-state index contributed by atoms with van der Waals surface area (Å²) in [4.78, 5) is 22.8. The molecule has 1 aliphatic carbocycles. The number of fused-ring (bicyclic) bond motifs is 1. The first kappa shape index (κ1) is 31.2. The van der Waals surface area contributed by atoms with Crippen molar-refractivity contribution in [2.75, 3.05) is 61.2 Å². The van der Waals surface area contributed by atoms with Crippen molar-refractivity contribution in [1.82, 2.24) is 24.8 Å². The Morgan fingerprint density at radius 3 is 2.40 bits per heavy atom. The summed E-state index contributed by atoms with van der Waals surface area (Å²) in [6.45, 7) is 4.08. The molecule has 1 aliphatic heterocycles. The molecular formula is C31H38BrN9O3S. The Morgan fingerprint density at radius 1 is 0.978 bits per heavy atom. The highest BCUT2D eigenvalue weighted by molar-refractivity contribution is 9.10. The molecule has 0 bridgehead atoms. The molecule has 2 aromatic heterocycles. The number of ether oxygens (including phenoxy) is 1. The van der Waals surface area contributed by atoms with Crippen LogP contribution in [0.2, 0.25) is 0 Å². The van der Waals surface area contributed by atoms with Crippen LogP contribution >= 0.6 is 15.9 Å². The van der Waals surface area contributed by atoms with Crippen molar-refractivity contribution in [1.29, 1.82) is 0 Å². The molecule has 0 atom stereocenters. The van der Waals surface area contributed by atoms with E-state index >= 15 is 0 Å². The summed E-state index contributed by atoms with van der Waals surface area (Å²) < 4.78 is 34.3. The van der Waals surface area contributed by atoms with Crippen LogP contribution in [0.3, 0.4) is 0 Å². The van der Waals surface area contributed by atoms with Gasteiger partial charge in [-0.3, -0.25) is 14.3 Å². The Balaban J connectivity index is 1.29. The predicted molar refractivity (Wildman–Crippen MR) is 183 cm³/mol. The average molecular weight is 697 g/mol. The summed E-state index contributed by atoms with van der Waals surface area (Å²) in [6.07, 6.45) is 8.32. The molecule has 12 nitrogen and oxygen atoms in total. The first-order chi connectivity index (χ1) is 21.6. The number of methoxy groups -OCH3 is 1. The summed E-state index contributed by atoms with van der Waals surface area (Å²) in [5.74, 6) is 1.48. The van der Waals surface area contributed by atoms with Crippen LogP contribution in [0.15, 0.2) is 47.3 Å². The lowest BCUT2D eigenvalue weighted by Crippen LogP contribution is -2.42. The van der Waals surface area contributed by atoms with E-state index in [1.807, 2.05) is 0 Å². The lowest BCUT2D eigenvalue weighted by Gasteiger charge is -2.37. The summed E-state index contributed by atoms with van der Waals surface area (Å²) in [6, 6.07) is 8.33. The van der Waals surface area contributed by atoms with Crippen LogP contribution in [-0.2, 0) is 10.0 Å². The number of anilines is 6. The Bertz CT molecular complexity index is 1830. The maximum atomic E-state index is 13.3. The fourth-order valence-electron chi connectivity index (χ4n) is 5.83. The van der Waals surface area contributed by atoms with E-state index in [0.29, 0.717) is 63.3 Å². The number of sulfonamides is 1. The number of benzene rings is 2. The van der Waals surface area contributed by atoms with Gasteiger partial charge in [0.2, 0.25) is 16.0 Å². The van der Waals surface area contributed by atoms with E-state index in [1.54, 1.807) is 44.9 Å². The first-order valence-electron chi connectivity index (χ1n) is 14.9. The molecular weight excluding hydrogens is 658 g/mol. The quantitative estimate of drug-likeness (QED) is 0.220. The van der Waals surface area contributed by atoms with Gasteiger partial charge in [0, 0.05) is 56.5 Å². The van der Waals surface area contributed by atoms with Crippen molar-refractivity contribution in [3.05, 3.63) is 52.9 Å². The molecule has 2 N–H and O–H groups in total. The largest absolute Gasteiger partial charge is 0.494 e. The Hall–Kier alpha value is -3.75. The summed E-state index contributed by atoms with van der Waals surface area (Å²) >= 11 is 3.56. The molecule has 0 radical (unpaired) electrons. The minimum atomic E-state index is -3.57. The zero-order valence-corrected chi connectivity index (χ0v) is 28.5. The van der Waals surface area contributed by atoms with Crippen LogP contribution in [0.25, 0.3) is 11.0 Å². The van der Waals surface area contributed by atoms with Gasteiger partial charge in [-0.1, -0.05) is 0 Å². The van der Waals surface area contributed by atoms with E-state index in [4.69, 9.17) is 9.72 Å². The van der Waals surface area contributed by atoms with Crippen molar-refractivity contribution >= 4 is 71.5 Å². The van der Waals surface area contributed by atoms with E-state index in [0.717, 1.165) is 42.9 Å². The van der Waals surface area contributed by atoms with Crippen molar-refractivity contribution in [3.8, 4) is 5.75 Å². The van der Waals surface area contributed by atoms with Crippen LogP contribution in [-0.4, -0.2) is 85.9 Å². The molecule has 2 aromatic carbocycles. The van der Waals surface area contributed by atoms with Gasteiger partial charge in [-0.15, -0.1) is 0 Å². The Morgan fingerprint density at radius 2 is 1.71 bits per heavy atom. The molecule has 14 heteroatoms. The molecule has 2 aliphatic rings. The molecule has 238 valence electrons. The number of hydrogen-bond acceptors (Lipinski definition) is 11. The normalized spacial score (nSPS) is 15.8. The highest BCUT2D eigenvalue weighted by atomic mass is 79.9. The number of halogens is 1. The van der Waals surface area contributed by atoms with Crippen molar-refractivity contribution in [2.24, 2.45) is 0 Å². The molecule has 4 aromatic rings. The van der Waals surface area contributed by atoms with Crippen LogP contribution in [0, 0.1) is 6.92 Å².